The number of benzene rings is 1. The molecule has 0 saturated heterocycles. The molecule has 9 heteroatoms. The van der Waals surface area contributed by atoms with Gasteiger partial charge in [-0.1, -0.05) is 12.1 Å². The second kappa shape index (κ2) is 4.86. The molecule has 1 aliphatic heterocycles. The highest BCUT2D eigenvalue weighted by Gasteiger charge is 2.44. The van der Waals surface area contributed by atoms with Crippen molar-refractivity contribution >= 4 is 11.7 Å². The van der Waals surface area contributed by atoms with Gasteiger partial charge in [-0.05, 0) is 12.1 Å². The topological polar surface area (TPSA) is 83.0 Å². The number of hydroxylamine groups is 2. The fraction of sp³-hybridized carbons (Fsp3) is 0.200. The molecule has 1 amide bonds. The Labute approximate surface area is 104 Å². The molecule has 0 aromatic heterocycles. The highest BCUT2D eigenvalue weighted by atomic mass is 19.4. The summed E-state index contributed by atoms with van der Waals surface area (Å²) in [6.07, 6.45) is -6.84. The van der Waals surface area contributed by atoms with Crippen LogP contribution in [0.25, 0.3) is 0 Å². The molecule has 1 unspecified atom stereocenters. The largest absolute Gasteiger partial charge is 0.437 e. The summed E-state index contributed by atoms with van der Waals surface area (Å²) in [6.45, 7) is 0. The van der Waals surface area contributed by atoms with Crippen molar-refractivity contribution in [3.8, 4) is 0 Å². The first-order valence-electron chi connectivity index (χ1n) is 5.03. The smallest absolute Gasteiger partial charge is 0.288 e. The molecule has 1 aromatic carbocycles. The van der Waals surface area contributed by atoms with Gasteiger partial charge in [-0.15, -0.1) is 0 Å². The summed E-state index contributed by atoms with van der Waals surface area (Å²) in [6, 6.07) is 5.40. The molecular formula is C10H8F3N3O3. The van der Waals surface area contributed by atoms with Crippen LogP contribution >= 0.6 is 0 Å². The van der Waals surface area contributed by atoms with E-state index >= 15 is 0 Å². The van der Waals surface area contributed by atoms with E-state index in [2.05, 4.69) is 15.3 Å². The Kier molecular flexibility index (Phi) is 3.40. The minimum absolute atomic E-state index is 0.0849. The van der Waals surface area contributed by atoms with Crippen molar-refractivity contribution in [1.29, 1.82) is 0 Å². The van der Waals surface area contributed by atoms with E-state index in [4.69, 9.17) is 5.21 Å². The van der Waals surface area contributed by atoms with Crippen LogP contribution in [0.3, 0.4) is 0 Å². The van der Waals surface area contributed by atoms with Crippen molar-refractivity contribution in [1.82, 2.24) is 11.0 Å². The zero-order chi connectivity index (χ0) is 14.0. The second-order valence-electron chi connectivity index (χ2n) is 3.61. The van der Waals surface area contributed by atoms with Gasteiger partial charge in [0.05, 0.1) is 0 Å². The molecule has 0 spiro atoms. The number of nitrogens with zero attached hydrogens (tertiary/aromatic N) is 1. The highest BCUT2D eigenvalue weighted by Crippen LogP contribution is 2.26. The maximum absolute atomic E-state index is 12.3. The van der Waals surface area contributed by atoms with E-state index in [0.717, 1.165) is 0 Å². The molecule has 19 heavy (non-hydrogen) atoms. The quantitative estimate of drug-likeness (QED) is 0.555. The number of rotatable bonds is 2. The molecule has 1 aromatic rings. The zero-order valence-corrected chi connectivity index (χ0v) is 9.23. The minimum atomic E-state index is -4.59. The third kappa shape index (κ3) is 2.83. The number of carbonyl (C=O) groups excluding carboxylic acids is 1. The Morgan fingerprint density at radius 2 is 2.00 bits per heavy atom. The summed E-state index contributed by atoms with van der Waals surface area (Å²) < 4.78 is 36.9. The second-order valence-corrected chi connectivity index (χ2v) is 3.61. The van der Waals surface area contributed by atoms with E-state index in [1.807, 2.05) is 0 Å². The molecule has 1 atom stereocenters. The van der Waals surface area contributed by atoms with Gasteiger partial charge in [0.2, 0.25) is 0 Å². The van der Waals surface area contributed by atoms with Gasteiger partial charge in [-0.3, -0.25) is 10.0 Å². The number of alkyl halides is 3. The first kappa shape index (κ1) is 13.3. The lowest BCUT2D eigenvalue weighted by Gasteiger charge is -2.08. The Morgan fingerprint density at radius 3 is 2.47 bits per heavy atom. The molecule has 6 nitrogen and oxygen atoms in total. The number of hydrogen-bond donors (Lipinski definition) is 3. The maximum atomic E-state index is 12.3. The fourth-order valence-electron chi connectivity index (χ4n) is 1.40. The molecule has 0 fully saturated rings. The summed E-state index contributed by atoms with van der Waals surface area (Å²) in [5.74, 6) is -0.810. The van der Waals surface area contributed by atoms with Crippen molar-refractivity contribution in [2.75, 3.05) is 0 Å². The molecule has 0 aliphatic carbocycles. The number of nitrogens with one attached hydrogen (secondary N) is 2. The van der Waals surface area contributed by atoms with Crippen LogP contribution in [-0.2, 0) is 4.84 Å². The number of halogens is 3. The molecule has 0 bridgehead atoms. The summed E-state index contributed by atoms with van der Waals surface area (Å²) in [4.78, 5) is 18.7. The minimum Gasteiger partial charge on any atom is -0.288 e. The summed E-state index contributed by atoms with van der Waals surface area (Å²) in [7, 11) is 0. The SMILES string of the molecule is O=C(NO)c1ccc(C2=NC(C(F)(F)F)ON2)cc1. The van der Waals surface area contributed by atoms with Gasteiger partial charge in [-0.25, -0.2) is 20.8 Å². The summed E-state index contributed by atoms with van der Waals surface area (Å²) >= 11 is 0. The number of amidine groups is 1. The average Bonchev–Trinajstić information content (AvgIpc) is 2.87. The third-order valence-electron chi connectivity index (χ3n) is 2.32. The summed E-state index contributed by atoms with van der Waals surface area (Å²) in [5, 5.41) is 8.41. The fourth-order valence-corrected chi connectivity index (χ4v) is 1.40. The van der Waals surface area contributed by atoms with Gasteiger partial charge in [0, 0.05) is 11.1 Å². The van der Waals surface area contributed by atoms with Gasteiger partial charge in [0.1, 0.15) is 0 Å². The summed E-state index contributed by atoms with van der Waals surface area (Å²) in [5.41, 5.74) is 3.98. The molecule has 102 valence electrons. The molecule has 0 saturated carbocycles. The zero-order valence-electron chi connectivity index (χ0n) is 9.23. The number of hydrogen-bond acceptors (Lipinski definition) is 5. The van der Waals surface area contributed by atoms with Crippen LogP contribution in [0.4, 0.5) is 13.2 Å². The van der Waals surface area contributed by atoms with E-state index in [1.165, 1.54) is 29.7 Å². The third-order valence-corrected chi connectivity index (χ3v) is 2.32. The van der Waals surface area contributed by atoms with Crippen LogP contribution in [-0.4, -0.2) is 29.4 Å². The van der Waals surface area contributed by atoms with Crippen molar-refractivity contribution < 1.29 is 28.0 Å². The Hall–Kier alpha value is -2.13. The van der Waals surface area contributed by atoms with E-state index in [0.29, 0.717) is 5.56 Å². The van der Waals surface area contributed by atoms with Crippen molar-refractivity contribution in [3.63, 3.8) is 0 Å². The first-order valence-corrected chi connectivity index (χ1v) is 5.03. The number of amides is 1. The van der Waals surface area contributed by atoms with Gasteiger partial charge in [0.25, 0.3) is 12.1 Å². The standard InChI is InChI=1S/C10H8F3N3O3/c11-10(12,13)9-14-7(16-19-9)5-1-3-6(4-2-5)8(17)15-18/h1-4,9,18H,(H,14,16)(H,15,17). The predicted molar refractivity (Wildman–Crippen MR) is 56.3 cm³/mol. The Morgan fingerprint density at radius 1 is 1.37 bits per heavy atom. The lowest BCUT2D eigenvalue weighted by molar-refractivity contribution is -0.220. The highest BCUT2D eigenvalue weighted by molar-refractivity contribution is 6.00. The number of aliphatic imine (C=N–C) groups is 1. The average molecular weight is 275 g/mol. The van der Waals surface area contributed by atoms with Gasteiger partial charge < -0.3 is 0 Å². The van der Waals surface area contributed by atoms with Crippen LogP contribution in [0.2, 0.25) is 0 Å². The lowest BCUT2D eigenvalue weighted by atomic mass is 10.1. The van der Waals surface area contributed by atoms with Crippen LogP contribution in [0, 0.1) is 0 Å². The Bertz CT molecular complexity index is 513. The predicted octanol–water partition coefficient (Wildman–Crippen LogP) is 0.975. The van der Waals surface area contributed by atoms with E-state index in [1.54, 1.807) is 0 Å². The van der Waals surface area contributed by atoms with E-state index < -0.39 is 18.3 Å². The van der Waals surface area contributed by atoms with E-state index in [9.17, 15) is 18.0 Å². The molecule has 3 N–H and O–H groups in total. The molecule has 1 aliphatic rings. The molecule has 1 heterocycles. The van der Waals surface area contributed by atoms with Crippen molar-refractivity contribution in [3.05, 3.63) is 35.4 Å². The van der Waals surface area contributed by atoms with Crippen LogP contribution in [0.15, 0.2) is 29.3 Å². The van der Waals surface area contributed by atoms with Crippen LogP contribution in [0.5, 0.6) is 0 Å². The van der Waals surface area contributed by atoms with Gasteiger partial charge in [0.15, 0.2) is 5.84 Å². The van der Waals surface area contributed by atoms with Gasteiger partial charge in [-0.2, -0.15) is 13.2 Å². The molecular weight excluding hydrogens is 267 g/mol. The lowest BCUT2D eigenvalue weighted by Crippen LogP contribution is -2.29. The van der Waals surface area contributed by atoms with Crippen molar-refractivity contribution in [2.45, 2.75) is 12.4 Å². The normalized spacial score (nSPS) is 18.7. The van der Waals surface area contributed by atoms with Crippen LogP contribution in [0.1, 0.15) is 15.9 Å². The molecule has 2 rings (SSSR count). The van der Waals surface area contributed by atoms with Gasteiger partial charge >= 0.3 is 6.18 Å². The maximum Gasteiger partial charge on any atom is 0.437 e. The van der Waals surface area contributed by atoms with Crippen molar-refractivity contribution in [2.24, 2.45) is 4.99 Å². The number of carbonyl (C=O) groups is 1. The van der Waals surface area contributed by atoms with Crippen LogP contribution < -0.4 is 11.0 Å². The molecule has 0 radical (unpaired) electrons. The Balaban J connectivity index is 2.18. The first-order chi connectivity index (χ1) is 8.91. The monoisotopic (exact) mass is 275 g/mol. The van der Waals surface area contributed by atoms with E-state index in [-0.39, 0.29) is 11.4 Å².